The summed E-state index contributed by atoms with van der Waals surface area (Å²) in [7, 11) is 1.62. The van der Waals surface area contributed by atoms with E-state index >= 15 is 0 Å². The molecule has 0 atom stereocenters. The van der Waals surface area contributed by atoms with Gasteiger partial charge in [-0.1, -0.05) is 0 Å². The predicted octanol–water partition coefficient (Wildman–Crippen LogP) is 0.721. The Morgan fingerprint density at radius 3 is 2.69 bits per heavy atom. The van der Waals surface area contributed by atoms with Crippen molar-refractivity contribution in [1.82, 2.24) is 9.97 Å². The summed E-state index contributed by atoms with van der Waals surface area (Å²) < 4.78 is 5.15. The fraction of sp³-hybridized carbons (Fsp3) is 0.636. The third-order valence-corrected chi connectivity index (χ3v) is 2.85. The molecule has 0 aliphatic carbocycles. The Morgan fingerprint density at radius 2 is 2.06 bits per heavy atom. The van der Waals surface area contributed by atoms with Gasteiger partial charge in [0, 0.05) is 30.9 Å². The van der Waals surface area contributed by atoms with E-state index < -0.39 is 0 Å². The number of hydrogen-bond donors (Lipinski definition) is 1. The molecular formula is C11H18N4O. The number of hydrogen-bond acceptors (Lipinski definition) is 5. The Kier molecular flexibility index (Phi) is 3.24. The first-order chi connectivity index (χ1) is 7.69. The van der Waals surface area contributed by atoms with Crippen LogP contribution in [0.3, 0.4) is 0 Å². The summed E-state index contributed by atoms with van der Waals surface area (Å²) >= 11 is 0. The van der Waals surface area contributed by atoms with Gasteiger partial charge in [0.15, 0.2) is 0 Å². The smallest absolute Gasteiger partial charge is 0.228 e. The lowest BCUT2D eigenvalue weighted by molar-refractivity contribution is 0.395. The molecule has 1 aromatic rings. The Balaban J connectivity index is 2.16. The molecule has 2 rings (SSSR count). The van der Waals surface area contributed by atoms with Gasteiger partial charge in [0.25, 0.3) is 0 Å². The van der Waals surface area contributed by atoms with Crippen molar-refractivity contribution in [3.8, 4) is 5.88 Å². The molecule has 1 saturated heterocycles. The van der Waals surface area contributed by atoms with Gasteiger partial charge in [-0.25, -0.2) is 4.98 Å². The second-order valence-corrected chi connectivity index (χ2v) is 4.18. The van der Waals surface area contributed by atoms with E-state index in [0.29, 0.717) is 11.9 Å². The van der Waals surface area contributed by atoms with Gasteiger partial charge in [0.2, 0.25) is 11.8 Å². The molecule has 1 aromatic heterocycles. The summed E-state index contributed by atoms with van der Waals surface area (Å²) in [6.45, 7) is 3.80. The number of anilines is 1. The molecule has 0 amide bonds. The third-order valence-electron chi connectivity index (χ3n) is 2.85. The SMILES string of the molecule is COc1cc(C)nc(N2CCC(N)CC2)n1. The molecule has 5 nitrogen and oxygen atoms in total. The lowest BCUT2D eigenvalue weighted by atomic mass is 10.1. The molecule has 0 saturated carbocycles. The number of methoxy groups -OCH3 is 1. The highest BCUT2D eigenvalue weighted by Gasteiger charge is 2.18. The first-order valence-corrected chi connectivity index (χ1v) is 5.59. The number of nitrogens with zero attached hydrogens (tertiary/aromatic N) is 3. The van der Waals surface area contributed by atoms with Crippen LogP contribution in [0.25, 0.3) is 0 Å². The van der Waals surface area contributed by atoms with Gasteiger partial charge in [0.1, 0.15) is 0 Å². The molecule has 0 radical (unpaired) electrons. The van der Waals surface area contributed by atoms with Crippen LogP contribution in [0, 0.1) is 6.92 Å². The number of piperidine rings is 1. The number of rotatable bonds is 2. The van der Waals surface area contributed by atoms with E-state index in [2.05, 4.69) is 14.9 Å². The Labute approximate surface area is 95.6 Å². The molecule has 1 aliphatic heterocycles. The summed E-state index contributed by atoms with van der Waals surface area (Å²) in [6.07, 6.45) is 2.00. The maximum absolute atomic E-state index is 5.87. The Hall–Kier alpha value is -1.36. The molecule has 0 aromatic carbocycles. The largest absolute Gasteiger partial charge is 0.481 e. The lowest BCUT2D eigenvalue weighted by Crippen LogP contribution is -2.40. The molecule has 1 fully saturated rings. The zero-order valence-corrected chi connectivity index (χ0v) is 9.81. The standard InChI is InChI=1S/C11H18N4O/c1-8-7-10(16-2)14-11(13-8)15-5-3-9(12)4-6-15/h7,9H,3-6,12H2,1-2H3. The highest BCUT2D eigenvalue weighted by Crippen LogP contribution is 2.18. The van der Waals surface area contributed by atoms with Gasteiger partial charge in [0.05, 0.1) is 7.11 Å². The van der Waals surface area contributed by atoms with Crippen LogP contribution in [-0.2, 0) is 0 Å². The molecule has 0 bridgehead atoms. The van der Waals surface area contributed by atoms with Crippen molar-refractivity contribution in [3.05, 3.63) is 11.8 Å². The van der Waals surface area contributed by atoms with Crippen molar-refractivity contribution in [2.75, 3.05) is 25.1 Å². The van der Waals surface area contributed by atoms with Gasteiger partial charge in [-0.3, -0.25) is 0 Å². The van der Waals surface area contributed by atoms with Crippen molar-refractivity contribution >= 4 is 5.95 Å². The second-order valence-electron chi connectivity index (χ2n) is 4.18. The van der Waals surface area contributed by atoms with Crippen LogP contribution in [0.4, 0.5) is 5.95 Å². The maximum atomic E-state index is 5.87. The molecule has 0 spiro atoms. The second kappa shape index (κ2) is 4.65. The summed E-state index contributed by atoms with van der Waals surface area (Å²) in [6, 6.07) is 2.15. The normalized spacial score (nSPS) is 17.6. The third kappa shape index (κ3) is 2.41. The van der Waals surface area contributed by atoms with Crippen LogP contribution in [0.1, 0.15) is 18.5 Å². The van der Waals surface area contributed by atoms with E-state index in [1.807, 2.05) is 13.0 Å². The van der Waals surface area contributed by atoms with E-state index in [9.17, 15) is 0 Å². The van der Waals surface area contributed by atoms with Crippen LogP contribution in [0.2, 0.25) is 0 Å². The highest BCUT2D eigenvalue weighted by molar-refractivity contribution is 5.34. The first-order valence-electron chi connectivity index (χ1n) is 5.59. The van der Waals surface area contributed by atoms with Gasteiger partial charge >= 0.3 is 0 Å². The van der Waals surface area contributed by atoms with Gasteiger partial charge < -0.3 is 15.4 Å². The minimum absolute atomic E-state index is 0.322. The highest BCUT2D eigenvalue weighted by atomic mass is 16.5. The van der Waals surface area contributed by atoms with E-state index in [0.717, 1.165) is 37.6 Å². The maximum Gasteiger partial charge on any atom is 0.228 e. The molecule has 88 valence electrons. The summed E-state index contributed by atoms with van der Waals surface area (Å²) in [5.74, 6) is 1.38. The predicted molar refractivity (Wildman–Crippen MR) is 62.7 cm³/mol. The molecule has 1 aliphatic rings. The lowest BCUT2D eigenvalue weighted by Gasteiger charge is -2.30. The molecule has 16 heavy (non-hydrogen) atoms. The van der Waals surface area contributed by atoms with Gasteiger partial charge in [-0.2, -0.15) is 4.98 Å². The zero-order valence-electron chi connectivity index (χ0n) is 9.81. The van der Waals surface area contributed by atoms with Crippen molar-refractivity contribution in [2.45, 2.75) is 25.8 Å². The molecular weight excluding hydrogens is 204 g/mol. The van der Waals surface area contributed by atoms with Gasteiger partial charge in [-0.05, 0) is 19.8 Å². The van der Waals surface area contributed by atoms with Crippen LogP contribution < -0.4 is 15.4 Å². The average Bonchev–Trinajstić information content (AvgIpc) is 2.29. The van der Waals surface area contributed by atoms with E-state index in [1.54, 1.807) is 7.11 Å². The van der Waals surface area contributed by atoms with E-state index in [1.165, 1.54) is 0 Å². The fourth-order valence-corrected chi connectivity index (χ4v) is 1.87. The van der Waals surface area contributed by atoms with Crippen molar-refractivity contribution in [2.24, 2.45) is 5.73 Å². The number of ether oxygens (including phenoxy) is 1. The zero-order chi connectivity index (χ0) is 11.5. The van der Waals surface area contributed by atoms with E-state index in [4.69, 9.17) is 10.5 Å². The van der Waals surface area contributed by atoms with Crippen molar-refractivity contribution in [3.63, 3.8) is 0 Å². The minimum Gasteiger partial charge on any atom is -0.481 e. The summed E-state index contributed by atoms with van der Waals surface area (Å²) in [4.78, 5) is 10.9. The fourth-order valence-electron chi connectivity index (χ4n) is 1.87. The monoisotopic (exact) mass is 222 g/mol. The van der Waals surface area contributed by atoms with Crippen LogP contribution >= 0.6 is 0 Å². The van der Waals surface area contributed by atoms with E-state index in [-0.39, 0.29) is 0 Å². The van der Waals surface area contributed by atoms with Crippen molar-refractivity contribution in [1.29, 1.82) is 0 Å². The number of aromatic nitrogens is 2. The quantitative estimate of drug-likeness (QED) is 0.798. The van der Waals surface area contributed by atoms with Crippen LogP contribution in [0.15, 0.2) is 6.07 Å². The molecule has 0 unspecified atom stereocenters. The summed E-state index contributed by atoms with van der Waals surface area (Å²) in [5, 5.41) is 0. The number of aryl methyl sites for hydroxylation is 1. The Bertz CT molecular complexity index is 361. The average molecular weight is 222 g/mol. The molecule has 2 heterocycles. The number of nitrogens with two attached hydrogens (primary N) is 1. The van der Waals surface area contributed by atoms with Crippen molar-refractivity contribution < 1.29 is 4.74 Å². The summed E-state index contributed by atoms with van der Waals surface area (Å²) in [5.41, 5.74) is 6.80. The van der Waals surface area contributed by atoms with Crippen LogP contribution in [0.5, 0.6) is 5.88 Å². The molecule has 2 N–H and O–H groups in total. The Morgan fingerprint density at radius 1 is 1.38 bits per heavy atom. The molecule has 5 heteroatoms. The first kappa shape index (κ1) is 11.1. The topological polar surface area (TPSA) is 64.3 Å². The minimum atomic E-state index is 0.322. The van der Waals surface area contributed by atoms with Crippen LogP contribution in [-0.4, -0.2) is 36.2 Å². The van der Waals surface area contributed by atoms with Gasteiger partial charge in [-0.15, -0.1) is 0 Å².